The molecule has 0 amide bonds. The molecule has 0 saturated carbocycles. The van der Waals surface area contributed by atoms with Crippen molar-refractivity contribution in [2.24, 2.45) is 0 Å². The molecule has 3 aromatic heterocycles. The number of fused-ring (bicyclic) bond motifs is 6. The number of thiophene rings is 1. The third-order valence-corrected chi connectivity index (χ3v) is 10.9. The number of rotatable bonds is 5. The average Bonchev–Trinajstić information content (AvgIpc) is 3.74. The van der Waals surface area contributed by atoms with Crippen LogP contribution < -0.4 is 0 Å². The fourth-order valence-electron chi connectivity index (χ4n) is 7.24. The van der Waals surface area contributed by atoms with Crippen LogP contribution in [0.4, 0.5) is 0 Å². The average molecular weight is 656 g/mol. The maximum Gasteiger partial charge on any atom is 0.160 e. The van der Waals surface area contributed by atoms with Crippen LogP contribution in [-0.4, -0.2) is 14.5 Å². The van der Waals surface area contributed by atoms with E-state index >= 15 is 0 Å². The topological polar surface area (TPSA) is 30.7 Å². The molecule has 3 nitrogen and oxygen atoms in total. The molecule has 0 fully saturated rings. The third-order valence-electron chi connectivity index (χ3n) is 9.64. The molecule has 0 atom stereocenters. The molecule has 0 bridgehead atoms. The molecule has 4 heteroatoms. The van der Waals surface area contributed by atoms with Gasteiger partial charge in [0.2, 0.25) is 0 Å². The van der Waals surface area contributed by atoms with Gasteiger partial charge in [-0.15, -0.1) is 11.3 Å². The first-order valence-electron chi connectivity index (χ1n) is 16.8. The molecule has 0 aliphatic carbocycles. The monoisotopic (exact) mass is 655 g/mol. The summed E-state index contributed by atoms with van der Waals surface area (Å²) in [5.41, 5.74) is 10.8. The quantitative estimate of drug-likeness (QED) is 0.185. The summed E-state index contributed by atoms with van der Waals surface area (Å²) >= 11 is 1.83. The van der Waals surface area contributed by atoms with Crippen LogP contribution in [-0.2, 0) is 0 Å². The minimum atomic E-state index is 0.703. The largest absolute Gasteiger partial charge is 0.309 e. The second-order valence-electron chi connectivity index (χ2n) is 12.6. The smallest absolute Gasteiger partial charge is 0.160 e. The molecule has 0 radical (unpaired) electrons. The van der Waals surface area contributed by atoms with Crippen LogP contribution in [0.5, 0.6) is 0 Å². The molecule has 0 unspecified atom stereocenters. The van der Waals surface area contributed by atoms with E-state index in [0.29, 0.717) is 5.82 Å². The molecule has 0 N–H and O–H groups in total. The first-order chi connectivity index (χ1) is 24.8. The van der Waals surface area contributed by atoms with E-state index in [9.17, 15) is 0 Å². The molecule has 234 valence electrons. The Morgan fingerprint density at radius 2 is 1.02 bits per heavy atom. The summed E-state index contributed by atoms with van der Waals surface area (Å²) in [7, 11) is 0. The first kappa shape index (κ1) is 28.6. The zero-order chi connectivity index (χ0) is 33.0. The molecule has 7 aromatic carbocycles. The summed E-state index contributed by atoms with van der Waals surface area (Å²) in [6.45, 7) is 0. The number of nitrogens with zero attached hydrogens (tertiary/aromatic N) is 3. The third kappa shape index (κ3) is 4.73. The molecule has 10 aromatic rings. The number of aromatic nitrogens is 3. The Morgan fingerprint density at radius 1 is 0.400 bits per heavy atom. The normalized spacial score (nSPS) is 11.6. The van der Waals surface area contributed by atoms with Crippen LogP contribution in [0.3, 0.4) is 0 Å². The standard InChI is InChI=1S/C46H29N3S/c1-3-12-30(13-4-1)31-22-24-32(25-23-31)40-29-41(39-19-11-18-38-37-17-8-10-21-44(37)50-45(38)39)48-46(47-40)33-26-27-36-35-16-7-9-20-42(35)49(43(36)28-33)34-14-5-2-6-15-34/h1-29H. The zero-order valence-electron chi connectivity index (χ0n) is 27.0. The van der Waals surface area contributed by atoms with Crippen molar-refractivity contribution in [3.63, 3.8) is 0 Å². The number of benzene rings is 7. The van der Waals surface area contributed by atoms with Gasteiger partial charge in [0, 0.05) is 53.3 Å². The molecule has 3 heterocycles. The molecular formula is C46H29N3S. The highest BCUT2D eigenvalue weighted by molar-refractivity contribution is 7.26. The Balaban J connectivity index is 1.20. The Hall–Kier alpha value is -6.36. The predicted octanol–water partition coefficient (Wildman–Crippen LogP) is 12.6. The van der Waals surface area contributed by atoms with E-state index in [1.807, 2.05) is 11.3 Å². The van der Waals surface area contributed by atoms with Crippen molar-refractivity contribution in [3.05, 3.63) is 176 Å². The minimum Gasteiger partial charge on any atom is -0.309 e. The van der Waals surface area contributed by atoms with E-state index in [1.165, 1.54) is 47.6 Å². The lowest BCUT2D eigenvalue weighted by atomic mass is 10.0. The summed E-state index contributed by atoms with van der Waals surface area (Å²) in [5.74, 6) is 0.703. The van der Waals surface area contributed by atoms with E-state index in [1.54, 1.807) is 0 Å². The molecule has 0 aliphatic rings. The van der Waals surface area contributed by atoms with E-state index in [0.717, 1.165) is 39.3 Å². The van der Waals surface area contributed by atoms with E-state index in [2.05, 4.69) is 180 Å². The van der Waals surface area contributed by atoms with Crippen LogP contribution in [0.15, 0.2) is 176 Å². The fourth-order valence-corrected chi connectivity index (χ4v) is 8.46. The molecule has 0 saturated heterocycles. The van der Waals surface area contributed by atoms with Gasteiger partial charge in [-0.05, 0) is 47.5 Å². The highest BCUT2D eigenvalue weighted by atomic mass is 32.1. The van der Waals surface area contributed by atoms with E-state index in [-0.39, 0.29) is 0 Å². The maximum absolute atomic E-state index is 5.33. The number of para-hydroxylation sites is 2. The second-order valence-corrected chi connectivity index (χ2v) is 13.7. The summed E-state index contributed by atoms with van der Waals surface area (Å²) in [5, 5.41) is 4.96. The van der Waals surface area contributed by atoms with Gasteiger partial charge >= 0.3 is 0 Å². The highest BCUT2D eigenvalue weighted by Crippen LogP contribution is 2.41. The fraction of sp³-hybridized carbons (Fsp3) is 0. The van der Waals surface area contributed by atoms with Crippen LogP contribution in [0.1, 0.15) is 0 Å². The van der Waals surface area contributed by atoms with Crippen LogP contribution in [0.2, 0.25) is 0 Å². The Labute approximate surface area is 293 Å². The second kappa shape index (κ2) is 11.7. The maximum atomic E-state index is 5.33. The Morgan fingerprint density at radius 3 is 1.86 bits per heavy atom. The Kier molecular flexibility index (Phi) is 6.68. The Bertz CT molecular complexity index is 2850. The molecule has 50 heavy (non-hydrogen) atoms. The van der Waals surface area contributed by atoms with Crippen molar-refractivity contribution >= 4 is 53.3 Å². The summed E-state index contributed by atoms with van der Waals surface area (Å²) in [4.78, 5) is 10.6. The summed E-state index contributed by atoms with van der Waals surface area (Å²) in [6.07, 6.45) is 0. The van der Waals surface area contributed by atoms with Crippen molar-refractivity contribution in [3.8, 4) is 50.7 Å². The van der Waals surface area contributed by atoms with Gasteiger partial charge in [-0.2, -0.15) is 0 Å². The molecular weight excluding hydrogens is 627 g/mol. The summed E-state index contributed by atoms with van der Waals surface area (Å²) in [6, 6.07) is 62.4. The molecule has 0 aliphatic heterocycles. The summed E-state index contributed by atoms with van der Waals surface area (Å²) < 4.78 is 4.86. The van der Waals surface area contributed by atoms with Gasteiger partial charge in [0.15, 0.2) is 5.82 Å². The van der Waals surface area contributed by atoms with Gasteiger partial charge in [0.1, 0.15) is 0 Å². The van der Waals surface area contributed by atoms with Gasteiger partial charge < -0.3 is 4.57 Å². The lowest BCUT2D eigenvalue weighted by Crippen LogP contribution is -1.97. The van der Waals surface area contributed by atoms with Crippen LogP contribution in [0.25, 0.3) is 92.7 Å². The first-order valence-corrected chi connectivity index (χ1v) is 17.6. The van der Waals surface area contributed by atoms with Crippen LogP contribution >= 0.6 is 11.3 Å². The van der Waals surface area contributed by atoms with Crippen molar-refractivity contribution in [1.29, 1.82) is 0 Å². The van der Waals surface area contributed by atoms with Gasteiger partial charge in [-0.3, -0.25) is 0 Å². The lowest BCUT2D eigenvalue weighted by Gasteiger charge is -2.12. The van der Waals surface area contributed by atoms with Gasteiger partial charge in [-0.25, -0.2) is 9.97 Å². The van der Waals surface area contributed by atoms with Gasteiger partial charge in [0.05, 0.1) is 22.4 Å². The van der Waals surface area contributed by atoms with Crippen molar-refractivity contribution in [1.82, 2.24) is 14.5 Å². The van der Waals surface area contributed by atoms with Crippen LogP contribution in [0, 0.1) is 0 Å². The minimum absolute atomic E-state index is 0.703. The number of hydrogen-bond acceptors (Lipinski definition) is 3. The van der Waals surface area contributed by atoms with E-state index < -0.39 is 0 Å². The van der Waals surface area contributed by atoms with Gasteiger partial charge in [0.25, 0.3) is 0 Å². The zero-order valence-corrected chi connectivity index (χ0v) is 27.8. The number of hydrogen-bond donors (Lipinski definition) is 0. The van der Waals surface area contributed by atoms with Crippen molar-refractivity contribution in [2.45, 2.75) is 0 Å². The van der Waals surface area contributed by atoms with Crippen molar-refractivity contribution < 1.29 is 0 Å². The SMILES string of the molecule is c1ccc(-c2ccc(-c3cc(-c4cccc5c4sc4ccccc45)nc(-c4ccc5c6ccccc6n(-c6ccccc6)c5c4)n3)cc2)cc1. The van der Waals surface area contributed by atoms with Gasteiger partial charge in [-0.1, -0.05) is 140 Å². The van der Waals surface area contributed by atoms with E-state index in [4.69, 9.17) is 9.97 Å². The molecule has 0 spiro atoms. The lowest BCUT2D eigenvalue weighted by molar-refractivity contribution is 1.17. The van der Waals surface area contributed by atoms with Crippen molar-refractivity contribution in [2.75, 3.05) is 0 Å². The molecule has 10 rings (SSSR count). The predicted molar refractivity (Wildman–Crippen MR) is 211 cm³/mol. The highest BCUT2D eigenvalue weighted by Gasteiger charge is 2.18.